The normalized spacial score (nSPS) is 30.5. The van der Waals surface area contributed by atoms with Crippen LogP contribution in [0.15, 0.2) is 42.5 Å². The summed E-state index contributed by atoms with van der Waals surface area (Å²) in [5.74, 6) is -1.29. The Bertz CT molecular complexity index is 595. The topological polar surface area (TPSA) is 46.2 Å². The van der Waals surface area contributed by atoms with Crippen molar-refractivity contribution in [1.29, 1.82) is 0 Å². The number of ether oxygens (including phenoxy) is 5. The number of rotatable bonds is 6. The van der Waals surface area contributed by atoms with Crippen molar-refractivity contribution in [1.82, 2.24) is 0 Å². The third kappa shape index (κ3) is 4.68. The second kappa shape index (κ2) is 7.17. The zero-order valence-corrected chi connectivity index (χ0v) is 15.5. The van der Waals surface area contributed by atoms with Gasteiger partial charge in [-0.05, 0) is 38.8 Å². The zero-order chi connectivity index (χ0) is 18.1. The van der Waals surface area contributed by atoms with Gasteiger partial charge in [-0.1, -0.05) is 36.9 Å². The average Bonchev–Trinajstić information content (AvgIpc) is 3.07. The molecule has 138 valence electrons. The molecule has 0 bridgehead atoms. The predicted octanol–water partition coefficient (Wildman–Crippen LogP) is 3.43. The van der Waals surface area contributed by atoms with Gasteiger partial charge in [0.25, 0.3) is 0 Å². The van der Waals surface area contributed by atoms with Crippen molar-refractivity contribution in [2.75, 3.05) is 13.2 Å². The molecular weight excluding hydrogens is 320 g/mol. The van der Waals surface area contributed by atoms with Crippen molar-refractivity contribution in [3.63, 3.8) is 0 Å². The van der Waals surface area contributed by atoms with Gasteiger partial charge in [-0.25, -0.2) is 0 Å². The second-order valence-corrected chi connectivity index (χ2v) is 7.52. The molecule has 2 aliphatic heterocycles. The SMILES string of the molecule is C=C(COCc1ccccc1)[C@H]1OC(C)(C)O[C@@H]1[C@H]1COC(C)(C)O1. The highest BCUT2D eigenvalue weighted by molar-refractivity contribution is 5.14. The summed E-state index contributed by atoms with van der Waals surface area (Å²) < 4.78 is 29.6. The minimum Gasteiger partial charge on any atom is -0.372 e. The van der Waals surface area contributed by atoms with Crippen molar-refractivity contribution >= 4 is 0 Å². The van der Waals surface area contributed by atoms with E-state index in [1.54, 1.807) is 0 Å². The Hall–Kier alpha value is -1.24. The van der Waals surface area contributed by atoms with Gasteiger partial charge in [0.2, 0.25) is 0 Å². The lowest BCUT2D eigenvalue weighted by Gasteiger charge is -2.24. The van der Waals surface area contributed by atoms with E-state index in [1.807, 2.05) is 58.0 Å². The first kappa shape index (κ1) is 18.5. The summed E-state index contributed by atoms with van der Waals surface area (Å²) in [7, 11) is 0. The molecule has 0 amide bonds. The van der Waals surface area contributed by atoms with E-state index < -0.39 is 11.6 Å². The van der Waals surface area contributed by atoms with Crippen LogP contribution in [0.3, 0.4) is 0 Å². The van der Waals surface area contributed by atoms with Crippen molar-refractivity contribution in [3.8, 4) is 0 Å². The van der Waals surface area contributed by atoms with Gasteiger partial charge < -0.3 is 23.7 Å². The molecule has 2 aliphatic rings. The first-order valence-electron chi connectivity index (χ1n) is 8.72. The van der Waals surface area contributed by atoms with Crippen LogP contribution in [0.5, 0.6) is 0 Å². The fourth-order valence-corrected chi connectivity index (χ4v) is 3.21. The molecular formula is C20H28O5. The highest BCUT2D eigenvalue weighted by Crippen LogP contribution is 2.37. The molecule has 0 unspecified atom stereocenters. The Morgan fingerprint density at radius 1 is 1.08 bits per heavy atom. The van der Waals surface area contributed by atoms with Gasteiger partial charge in [0.15, 0.2) is 11.6 Å². The van der Waals surface area contributed by atoms with Gasteiger partial charge in [-0.15, -0.1) is 0 Å². The first-order chi connectivity index (χ1) is 11.8. The van der Waals surface area contributed by atoms with Crippen LogP contribution >= 0.6 is 0 Å². The molecule has 0 spiro atoms. The van der Waals surface area contributed by atoms with Crippen molar-refractivity contribution in [3.05, 3.63) is 48.0 Å². The van der Waals surface area contributed by atoms with E-state index in [1.165, 1.54) is 0 Å². The van der Waals surface area contributed by atoms with E-state index in [0.29, 0.717) is 19.8 Å². The van der Waals surface area contributed by atoms with E-state index in [-0.39, 0.29) is 18.3 Å². The van der Waals surface area contributed by atoms with Gasteiger partial charge in [-0.2, -0.15) is 0 Å². The van der Waals surface area contributed by atoms with Gasteiger partial charge in [-0.3, -0.25) is 0 Å². The fraction of sp³-hybridized carbons (Fsp3) is 0.600. The maximum absolute atomic E-state index is 6.08. The minimum absolute atomic E-state index is 0.187. The molecule has 0 radical (unpaired) electrons. The van der Waals surface area contributed by atoms with Crippen LogP contribution in [0.1, 0.15) is 33.3 Å². The highest BCUT2D eigenvalue weighted by atomic mass is 16.8. The molecule has 2 heterocycles. The molecule has 0 N–H and O–H groups in total. The summed E-state index contributed by atoms with van der Waals surface area (Å²) >= 11 is 0. The Labute approximate surface area is 149 Å². The number of hydrogen-bond donors (Lipinski definition) is 0. The van der Waals surface area contributed by atoms with Crippen molar-refractivity contribution in [2.45, 2.75) is 64.2 Å². The van der Waals surface area contributed by atoms with Crippen molar-refractivity contribution in [2.24, 2.45) is 0 Å². The summed E-state index contributed by atoms with van der Waals surface area (Å²) in [6, 6.07) is 10.1. The largest absolute Gasteiger partial charge is 0.372 e. The van der Waals surface area contributed by atoms with Gasteiger partial charge >= 0.3 is 0 Å². The monoisotopic (exact) mass is 348 g/mol. The molecule has 1 aromatic rings. The van der Waals surface area contributed by atoms with Crippen LogP contribution in [-0.4, -0.2) is 43.1 Å². The number of hydrogen-bond acceptors (Lipinski definition) is 5. The minimum atomic E-state index is -0.687. The average molecular weight is 348 g/mol. The van der Waals surface area contributed by atoms with E-state index in [0.717, 1.165) is 11.1 Å². The van der Waals surface area contributed by atoms with Crippen LogP contribution in [0, 0.1) is 0 Å². The quantitative estimate of drug-likeness (QED) is 0.737. The Morgan fingerprint density at radius 3 is 2.44 bits per heavy atom. The van der Waals surface area contributed by atoms with Crippen LogP contribution < -0.4 is 0 Å². The molecule has 5 nitrogen and oxygen atoms in total. The summed E-state index contributed by atoms with van der Waals surface area (Å²) in [6.45, 7) is 13.2. The van der Waals surface area contributed by atoms with E-state index in [2.05, 4.69) is 6.58 Å². The predicted molar refractivity (Wildman–Crippen MR) is 94.0 cm³/mol. The third-order valence-corrected chi connectivity index (χ3v) is 4.33. The van der Waals surface area contributed by atoms with Gasteiger partial charge in [0.1, 0.15) is 18.3 Å². The lowest BCUT2D eigenvalue weighted by molar-refractivity contribution is -0.174. The number of benzene rings is 1. The Morgan fingerprint density at radius 2 is 1.80 bits per heavy atom. The molecule has 3 atom stereocenters. The summed E-state index contributed by atoms with van der Waals surface area (Å²) in [5.41, 5.74) is 1.98. The Balaban J connectivity index is 1.59. The highest BCUT2D eigenvalue weighted by Gasteiger charge is 2.50. The lowest BCUT2D eigenvalue weighted by Crippen LogP contribution is -2.39. The Kier molecular flexibility index (Phi) is 5.32. The van der Waals surface area contributed by atoms with Crippen LogP contribution in [0.2, 0.25) is 0 Å². The molecule has 0 saturated carbocycles. The molecule has 3 rings (SSSR count). The molecule has 25 heavy (non-hydrogen) atoms. The van der Waals surface area contributed by atoms with Gasteiger partial charge in [0, 0.05) is 0 Å². The van der Waals surface area contributed by atoms with Crippen LogP contribution in [0.4, 0.5) is 0 Å². The summed E-state index contributed by atoms with van der Waals surface area (Å²) in [4.78, 5) is 0. The molecule has 0 aliphatic carbocycles. The molecule has 5 heteroatoms. The van der Waals surface area contributed by atoms with Crippen LogP contribution in [0.25, 0.3) is 0 Å². The smallest absolute Gasteiger partial charge is 0.164 e. The maximum atomic E-state index is 6.08. The standard InChI is InChI=1S/C20H28O5/c1-14(11-21-12-15-9-7-6-8-10-15)17-18(25-20(4,5)24-17)16-13-22-19(2,3)23-16/h6-10,16-18H,1,11-13H2,2-5H3/t16-,17-,18-/m1/s1. The maximum Gasteiger partial charge on any atom is 0.164 e. The first-order valence-corrected chi connectivity index (χ1v) is 8.72. The third-order valence-electron chi connectivity index (χ3n) is 4.33. The zero-order valence-electron chi connectivity index (χ0n) is 15.5. The fourth-order valence-electron chi connectivity index (χ4n) is 3.21. The second-order valence-electron chi connectivity index (χ2n) is 7.52. The summed E-state index contributed by atoms with van der Waals surface area (Å²) in [6.07, 6.45) is -0.731. The van der Waals surface area contributed by atoms with Crippen molar-refractivity contribution < 1.29 is 23.7 Å². The van der Waals surface area contributed by atoms with E-state index >= 15 is 0 Å². The molecule has 0 aromatic heterocycles. The van der Waals surface area contributed by atoms with E-state index in [9.17, 15) is 0 Å². The molecule has 2 saturated heterocycles. The molecule has 2 fully saturated rings. The van der Waals surface area contributed by atoms with E-state index in [4.69, 9.17) is 23.7 Å². The van der Waals surface area contributed by atoms with Crippen LogP contribution in [-0.2, 0) is 30.3 Å². The lowest BCUT2D eigenvalue weighted by atomic mass is 10.0. The summed E-state index contributed by atoms with van der Waals surface area (Å²) in [5, 5.41) is 0. The molecule has 1 aromatic carbocycles. The van der Waals surface area contributed by atoms with Gasteiger partial charge in [0.05, 0.1) is 19.8 Å².